The van der Waals surface area contributed by atoms with Gasteiger partial charge in [-0.3, -0.25) is 9.59 Å². The van der Waals surface area contributed by atoms with Crippen molar-refractivity contribution in [2.24, 2.45) is 5.41 Å². The van der Waals surface area contributed by atoms with Crippen LogP contribution < -0.4 is 5.32 Å². The number of amides is 1. The van der Waals surface area contributed by atoms with Crippen LogP contribution in [0.5, 0.6) is 0 Å². The van der Waals surface area contributed by atoms with Gasteiger partial charge in [0.2, 0.25) is 0 Å². The summed E-state index contributed by atoms with van der Waals surface area (Å²) in [5.41, 5.74) is -2.06. The van der Waals surface area contributed by atoms with Gasteiger partial charge in [0.1, 0.15) is 10.4 Å². The van der Waals surface area contributed by atoms with Gasteiger partial charge in [-0.25, -0.2) is 4.98 Å². The molecule has 1 aromatic carbocycles. The van der Waals surface area contributed by atoms with Crippen LogP contribution in [0, 0.1) is 5.41 Å². The van der Waals surface area contributed by atoms with Gasteiger partial charge in [-0.05, 0) is 37.4 Å². The van der Waals surface area contributed by atoms with Gasteiger partial charge in [-0.1, -0.05) is 12.1 Å². The van der Waals surface area contributed by atoms with E-state index in [0.29, 0.717) is 5.52 Å². The molecular formula is C17H13F3N2O2S2. The highest BCUT2D eigenvalue weighted by Crippen LogP contribution is 2.42. The molecule has 0 fully saturated rings. The van der Waals surface area contributed by atoms with Crippen molar-refractivity contribution in [1.82, 2.24) is 4.98 Å². The smallest absolute Gasteiger partial charge is 0.311 e. The molecule has 0 bridgehead atoms. The van der Waals surface area contributed by atoms with Crippen LogP contribution in [0.1, 0.15) is 34.0 Å². The van der Waals surface area contributed by atoms with Gasteiger partial charge >= 0.3 is 6.18 Å². The van der Waals surface area contributed by atoms with E-state index < -0.39 is 23.3 Å². The van der Waals surface area contributed by atoms with E-state index in [4.69, 9.17) is 0 Å². The van der Waals surface area contributed by atoms with E-state index >= 15 is 0 Å². The van der Waals surface area contributed by atoms with Crippen molar-refractivity contribution in [3.63, 3.8) is 0 Å². The van der Waals surface area contributed by atoms with Crippen molar-refractivity contribution in [3.8, 4) is 0 Å². The maximum Gasteiger partial charge on any atom is 0.401 e. The highest BCUT2D eigenvalue weighted by Gasteiger charge is 2.53. The number of hydrogen-bond acceptors (Lipinski definition) is 5. The summed E-state index contributed by atoms with van der Waals surface area (Å²) in [5, 5.41) is 4.23. The molecule has 0 saturated heterocycles. The molecule has 0 aliphatic heterocycles. The maximum absolute atomic E-state index is 13.1. The van der Waals surface area contributed by atoms with E-state index in [1.165, 1.54) is 22.8 Å². The van der Waals surface area contributed by atoms with Gasteiger partial charge in [0.15, 0.2) is 10.8 Å². The second kappa shape index (κ2) is 6.48. The first-order chi connectivity index (χ1) is 12.1. The quantitative estimate of drug-likeness (QED) is 0.600. The van der Waals surface area contributed by atoms with Crippen molar-refractivity contribution >= 4 is 49.6 Å². The average Bonchev–Trinajstić information content (AvgIpc) is 3.19. The van der Waals surface area contributed by atoms with Crippen LogP contribution >= 0.6 is 22.7 Å². The van der Waals surface area contributed by atoms with Gasteiger partial charge < -0.3 is 5.32 Å². The molecule has 0 saturated carbocycles. The molecule has 2 aromatic heterocycles. The van der Waals surface area contributed by atoms with Gasteiger partial charge in [-0.15, -0.1) is 22.7 Å². The highest BCUT2D eigenvalue weighted by molar-refractivity contribution is 7.20. The van der Waals surface area contributed by atoms with Gasteiger partial charge in [-0.2, -0.15) is 13.2 Å². The Labute approximate surface area is 154 Å². The summed E-state index contributed by atoms with van der Waals surface area (Å²) in [6, 6.07) is 8.47. The largest absolute Gasteiger partial charge is 0.401 e. The lowest BCUT2D eigenvalue weighted by Gasteiger charge is -2.26. The summed E-state index contributed by atoms with van der Waals surface area (Å²) in [7, 11) is 0. The second-order valence-corrected chi connectivity index (χ2v) is 8.00. The summed E-state index contributed by atoms with van der Waals surface area (Å²) >= 11 is 2.16. The van der Waals surface area contributed by atoms with Gasteiger partial charge in [0.05, 0.1) is 15.8 Å². The van der Waals surface area contributed by atoms with Crippen molar-refractivity contribution < 1.29 is 22.8 Å². The molecule has 26 heavy (non-hydrogen) atoms. The van der Waals surface area contributed by atoms with E-state index in [2.05, 4.69) is 10.3 Å². The van der Waals surface area contributed by atoms with Crippen LogP contribution in [0.25, 0.3) is 10.2 Å². The zero-order valence-electron chi connectivity index (χ0n) is 13.7. The summed E-state index contributed by atoms with van der Waals surface area (Å²) in [4.78, 5) is 29.0. The fourth-order valence-corrected chi connectivity index (χ4v) is 3.82. The van der Waals surface area contributed by atoms with E-state index in [9.17, 15) is 22.8 Å². The molecule has 0 unspecified atom stereocenters. The number of nitrogens with one attached hydrogen (secondary N) is 1. The number of carbonyl (C=O) groups excluding carboxylic acids is 2. The lowest BCUT2D eigenvalue weighted by Crippen LogP contribution is -2.39. The molecule has 0 atom stereocenters. The predicted molar refractivity (Wildman–Crippen MR) is 96.1 cm³/mol. The molecule has 3 aromatic rings. The number of aromatic nitrogens is 1. The fraction of sp³-hybridized carbons (Fsp3) is 0.235. The lowest BCUT2D eigenvalue weighted by atomic mass is 9.84. The van der Waals surface area contributed by atoms with Crippen molar-refractivity contribution in [3.05, 3.63) is 46.3 Å². The van der Waals surface area contributed by atoms with E-state index in [1.807, 2.05) is 12.1 Å². The topological polar surface area (TPSA) is 59.1 Å². The zero-order chi connectivity index (χ0) is 19.1. The number of para-hydroxylation sites is 1. The van der Waals surface area contributed by atoms with Crippen LogP contribution in [-0.2, 0) is 0 Å². The Morgan fingerprint density at radius 2 is 1.81 bits per heavy atom. The number of anilines is 1. The Balaban J connectivity index is 1.87. The number of Topliss-reactive ketones (excluding diaryl/α,β-unsaturated/α-hetero) is 1. The molecular weight excluding hydrogens is 385 g/mol. The second-order valence-electron chi connectivity index (χ2n) is 6.06. The lowest BCUT2D eigenvalue weighted by molar-refractivity contribution is -0.192. The normalized spacial score (nSPS) is 12.3. The summed E-state index contributed by atoms with van der Waals surface area (Å²) < 4.78 is 40.2. The molecule has 1 N–H and O–H groups in total. The Morgan fingerprint density at radius 3 is 2.46 bits per heavy atom. The number of alkyl halides is 3. The molecule has 1 amide bonds. The average molecular weight is 398 g/mol. The first-order valence-electron chi connectivity index (χ1n) is 7.47. The maximum atomic E-state index is 13.1. The zero-order valence-corrected chi connectivity index (χ0v) is 15.3. The summed E-state index contributed by atoms with van der Waals surface area (Å²) in [6.45, 7) is 1.65. The number of thiazole rings is 1. The fourth-order valence-electron chi connectivity index (χ4n) is 2.18. The van der Waals surface area contributed by atoms with Crippen LogP contribution in [0.3, 0.4) is 0 Å². The Hall–Kier alpha value is -2.26. The van der Waals surface area contributed by atoms with Gasteiger partial charge in [0, 0.05) is 0 Å². The molecule has 4 nitrogen and oxygen atoms in total. The van der Waals surface area contributed by atoms with Crippen molar-refractivity contribution in [2.45, 2.75) is 20.0 Å². The number of ketones is 1. The molecule has 0 spiro atoms. The molecule has 2 heterocycles. The minimum absolute atomic E-state index is 0.0802. The summed E-state index contributed by atoms with van der Waals surface area (Å²) in [5.74, 6) is -1.65. The molecule has 0 radical (unpaired) electrons. The molecule has 9 heteroatoms. The highest BCUT2D eigenvalue weighted by atomic mass is 32.1. The van der Waals surface area contributed by atoms with E-state index in [1.54, 1.807) is 12.1 Å². The Morgan fingerprint density at radius 1 is 1.12 bits per heavy atom. The summed E-state index contributed by atoms with van der Waals surface area (Å²) in [6.07, 6.45) is -4.69. The molecule has 0 aliphatic rings. The number of thiophene rings is 1. The third-order valence-electron chi connectivity index (χ3n) is 3.90. The van der Waals surface area contributed by atoms with Gasteiger partial charge in [0.25, 0.3) is 5.91 Å². The van der Waals surface area contributed by atoms with E-state index in [-0.39, 0.29) is 15.6 Å². The Bertz CT molecular complexity index is 956. The monoisotopic (exact) mass is 398 g/mol. The number of hydrogen-bond donors (Lipinski definition) is 1. The molecule has 136 valence electrons. The number of benzene rings is 1. The first-order valence-corrected chi connectivity index (χ1v) is 9.17. The van der Waals surface area contributed by atoms with Crippen LogP contribution in [0.2, 0.25) is 0 Å². The Kier molecular flexibility index (Phi) is 4.61. The van der Waals surface area contributed by atoms with Crippen molar-refractivity contribution in [1.29, 1.82) is 0 Å². The predicted octanol–water partition coefficient (Wildman–Crippen LogP) is 5.38. The number of halogens is 3. The molecule has 0 aliphatic carbocycles. The molecule has 3 rings (SSSR count). The number of fused-ring (bicyclic) bond motifs is 1. The van der Waals surface area contributed by atoms with E-state index in [0.717, 1.165) is 29.9 Å². The van der Waals surface area contributed by atoms with Crippen LogP contribution in [0.4, 0.5) is 18.2 Å². The SMILES string of the molecule is CC(C)(C(=O)c1ccsc1NC(=O)c1nc2ccccc2s1)C(F)(F)F. The van der Waals surface area contributed by atoms with Crippen LogP contribution in [-0.4, -0.2) is 22.9 Å². The standard InChI is InChI=1S/C17H13F3N2O2S2/c1-16(2,17(18,19)20)12(23)9-7-8-25-14(9)22-13(24)15-21-10-5-3-4-6-11(10)26-15/h3-8H,1-2H3,(H,22,24). The first kappa shape index (κ1) is 18.5. The number of nitrogens with zero attached hydrogens (tertiary/aromatic N) is 1. The minimum Gasteiger partial charge on any atom is -0.311 e. The van der Waals surface area contributed by atoms with Crippen molar-refractivity contribution in [2.75, 3.05) is 5.32 Å². The third-order valence-corrected chi connectivity index (χ3v) is 5.77. The minimum atomic E-state index is -4.69. The third kappa shape index (κ3) is 3.24. The van der Waals surface area contributed by atoms with Crippen LogP contribution in [0.15, 0.2) is 35.7 Å². The number of carbonyl (C=O) groups is 2. The number of rotatable bonds is 4.